The predicted molar refractivity (Wildman–Crippen MR) is 129 cm³/mol. The molecule has 0 unspecified atom stereocenters. The minimum absolute atomic E-state index is 0.00846. The molecular weight excluding hydrogens is 515 g/mol. The topological polar surface area (TPSA) is 60.4 Å². The fraction of sp³-hybridized carbons (Fsp3) is 0.720. The van der Waals surface area contributed by atoms with Crippen molar-refractivity contribution in [2.75, 3.05) is 5.33 Å². The van der Waals surface area contributed by atoms with Gasteiger partial charge in [0.2, 0.25) is 0 Å². The molecule has 8 atom stereocenters. The Balaban J connectivity index is 1.85. The van der Waals surface area contributed by atoms with Gasteiger partial charge < -0.3 is 4.74 Å². The van der Waals surface area contributed by atoms with Gasteiger partial charge in [-0.3, -0.25) is 14.4 Å². The van der Waals surface area contributed by atoms with E-state index in [4.69, 9.17) is 27.9 Å². The van der Waals surface area contributed by atoms with E-state index < -0.39 is 26.7 Å². The number of carbonyl (C=O) groups is 3. The summed E-state index contributed by atoms with van der Waals surface area (Å²) in [6.45, 7) is 7.92. The van der Waals surface area contributed by atoms with Gasteiger partial charge in [-0.1, -0.05) is 55.3 Å². The van der Waals surface area contributed by atoms with Gasteiger partial charge in [-0.2, -0.15) is 0 Å². The van der Waals surface area contributed by atoms with E-state index >= 15 is 0 Å². The van der Waals surface area contributed by atoms with Gasteiger partial charge in [0.05, 0.1) is 15.6 Å². The average Bonchev–Trinajstić information content (AvgIpc) is 2.96. The van der Waals surface area contributed by atoms with Gasteiger partial charge in [0.15, 0.2) is 17.2 Å². The van der Waals surface area contributed by atoms with E-state index in [1.807, 2.05) is 13.0 Å². The molecule has 0 bridgehead atoms. The first-order valence-electron chi connectivity index (χ1n) is 11.5. The lowest BCUT2D eigenvalue weighted by atomic mass is 9.46. The number of rotatable bonds is 4. The third-order valence-electron chi connectivity index (χ3n) is 9.24. The molecule has 0 aromatic carbocycles. The Bertz CT molecular complexity index is 931. The lowest BCUT2D eigenvalue weighted by Gasteiger charge is -2.64. The minimum atomic E-state index is -1.23. The molecule has 0 spiro atoms. The van der Waals surface area contributed by atoms with Crippen molar-refractivity contribution in [3.8, 4) is 0 Å². The van der Waals surface area contributed by atoms with Gasteiger partial charge in [0, 0.05) is 23.2 Å². The van der Waals surface area contributed by atoms with Crippen LogP contribution in [-0.2, 0) is 19.1 Å². The molecule has 0 radical (unpaired) electrons. The molecule has 4 nitrogen and oxygen atoms in total. The van der Waals surface area contributed by atoms with Gasteiger partial charge in [0.1, 0.15) is 0 Å². The van der Waals surface area contributed by atoms with Crippen LogP contribution in [0.5, 0.6) is 0 Å². The van der Waals surface area contributed by atoms with Crippen molar-refractivity contribution in [2.45, 2.75) is 75.7 Å². The zero-order chi connectivity index (χ0) is 23.7. The molecule has 3 saturated carbocycles. The van der Waals surface area contributed by atoms with Gasteiger partial charge in [-0.25, -0.2) is 0 Å². The zero-order valence-electron chi connectivity index (χ0n) is 19.1. The first kappa shape index (κ1) is 24.5. The van der Waals surface area contributed by atoms with Crippen LogP contribution >= 0.6 is 39.1 Å². The molecule has 32 heavy (non-hydrogen) atoms. The Labute approximate surface area is 208 Å². The van der Waals surface area contributed by atoms with Crippen molar-refractivity contribution in [2.24, 2.45) is 28.6 Å². The minimum Gasteiger partial charge on any atom is -0.450 e. The van der Waals surface area contributed by atoms with E-state index in [2.05, 4.69) is 29.8 Å². The number of carbonyl (C=O) groups excluding carboxylic acids is 3. The highest BCUT2D eigenvalue weighted by Crippen LogP contribution is 2.73. The third-order valence-corrected chi connectivity index (χ3v) is 11.3. The van der Waals surface area contributed by atoms with Crippen molar-refractivity contribution in [1.82, 2.24) is 0 Å². The van der Waals surface area contributed by atoms with Crippen LogP contribution in [0.1, 0.15) is 59.8 Å². The van der Waals surface area contributed by atoms with Crippen LogP contribution in [0.3, 0.4) is 0 Å². The summed E-state index contributed by atoms with van der Waals surface area (Å²) in [7, 11) is 0. The molecule has 0 heterocycles. The average molecular weight is 546 g/mol. The quantitative estimate of drug-likeness (QED) is 0.332. The van der Waals surface area contributed by atoms with Crippen LogP contribution in [0, 0.1) is 28.6 Å². The van der Waals surface area contributed by atoms with Crippen LogP contribution in [0.15, 0.2) is 23.8 Å². The van der Waals surface area contributed by atoms with Gasteiger partial charge in [0.25, 0.3) is 0 Å². The summed E-state index contributed by atoms with van der Waals surface area (Å²) in [6, 6.07) is 0. The van der Waals surface area contributed by atoms with E-state index in [0.29, 0.717) is 6.42 Å². The van der Waals surface area contributed by atoms with Crippen molar-refractivity contribution in [1.29, 1.82) is 0 Å². The Hall–Kier alpha value is -0.650. The molecule has 4 aliphatic carbocycles. The summed E-state index contributed by atoms with van der Waals surface area (Å²) in [5.74, 6) is -0.523. The number of alkyl halides is 3. The van der Waals surface area contributed by atoms with E-state index in [-0.39, 0.29) is 47.0 Å². The van der Waals surface area contributed by atoms with Crippen molar-refractivity contribution in [3.63, 3.8) is 0 Å². The summed E-state index contributed by atoms with van der Waals surface area (Å²) in [5, 5.41) is -0.342. The predicted octanol–water partition coefficient (Wildman–Crippen LogP) is 5.78. The Kier molecular flexibility index (Phi) is 6.08. The second-order valence-electron chi connectivity index (χ2n) is 10.5. The van der Waals surface area contributed by atoms with Crippen LogP contribution in [0.25, 0.3) is 0 Å². The number of fused-ring (bicyclic) bond motifs is 5. The zero-order valence-corrected chi connectivity index (χ0v) is 22.1. The second-order valence-corrected chi connectivity index (χ2v) is 12.2. The maximum Gasteiger partial charge on any atom is 0.306 e. The summed E-state index contributed by atoms with van der Waals surface area (Å²) in [5.41, 5.74) is -1.34. The molecule has 4 aliphatic rings. The van der Waals surface area contributed by atoms with E-state index in [0.717, 1.165) is 24.8 Å². The third kappa shape index (κ3) is 2.89. The highest BCUT2D eigenvalue weighted by molar-refractivity contribution is 9.09. The maximum atomic E-state index is 13.5. The van der Waals surface area contributed by atoms with Crippen LogP contribution in [0.2, 0.25) is 0 Å². The Morgan fingerprint density at radius 2 is 1.97 bits per heavy atom. The Morgan fingerprint density at radius 1 is 1.28 bits per heavy atom. The number of ketones is 2. The lowest BCUT2D eigenvalue weighted by Crippen LogP contribution is -2.68. The number of hydrogen-bond acceptors (Lipinski definition) is 4. The molecule has 7 heteroatoms. The van der Waals surface area contributed by atoms with Crippen molar-refractivity contribution in [3.05, 3.63) is 23.8 Å². The first-order chi connectivity index (χ1) is 14.9. The molecule has 0 N–H and O–H groups in total. The highest BCUT2D eigenvalue weighted by Gasteiger charge is 2.76. The molecule has 0 saturated heterocycles. The first-order valence-corrected chi connectivity index (χ1v) is 13.4. The largest absolute Gasteiger partial charge is 0.450 e. The summed E-state index contributed by atoms with van der Waals surface area (Å²) >= 11 is 18.1. The fourth-order valence-electron chi connectivity index (χ4n) is 7.68. The molecule has 3 fully saturated rings. The molecule has 0 amide bonds. The van der Waals surface area contributed by atoms with Crippen LogP contribution < -0.4 is 0 Å². The smallest absolute Gasteiger partial charge is 0.306 e. The number of allylic oxidation sites excluding steroid dienone is 4. The highest BCUT2D eigenvalue weighted by atomic mass is 79.9. The standard InChI is InChI=1S/C25H31BrCl2O4/c1-5-21(31)32-25(20(30)13-26)14(2)10-18-17-7-6-15-11-16(29)8-9-22(15,3)24(17,28)19(27)12-23(18,25)4/h8-9,11,14,17-19H,5-7,10,12-13H2,1-4H3/t14-,17+,18+,19+,22+,23+,24+,25-/m1/s1. The molecule has 0 aromatic heterocycles. The van der Waals surface area contributed by atoms with Gasteiger partial charge in [-0.15, -0.1) is 23.2 Å². The molecule has 176 valence electrons. The number of esters is 1. The molecule has 0 aromatic rings. The van der Waals surface area contributed by atoms with Gasteiger partial charge >= 0.3 is 5.97 Å². The van der Waals surface area contributed by atoms with E-state index in [1.54, 1.807) is 19.1 Å². The molecule has 4 rings (SSSR count). The normalized spacial score (nSPS) is 47.2. The van der Waals surface area contributed by atoms with E-state index in [1.165, 1.54) is 0 Å². The number of Topliss-reactive ketones (excluding diaryl/α,β-unsaturated/α-hetero) is 1. The summed E-state index contributed by atoms with van der Waals surface area (Å²) < 4.78 is 6.10. The SMILES string of the molecule is CCC(=O)O[C@@]1(C(=O)CBr)[C@H](C)C[C@H]2[C@@H]3CCC4=CC(=O)C=C[C@]4(C)[C@@]3(Cl)[C@@H](Cl)C[C@@]21C. The maximum absolute atomic E-state index is 13.5. The van der Waals surface area contributed by atoms with Crippen LogP contribution in [-0.4, -0.2) is 38.7 Å². The Morgan fingerprint density at radius 3 is 2.59 bits per heavy atom. The monoisotopic (exact) mass is 544 g/mol. The number of halogens is 3. The lowest BCUT2D eigenvalue weighted by molar-refractivity contribution is -0.192. The van der Waals surface area contributed by atoms with E-state index in [9.17, 15) is 14.4 Å². The summed E-state index contributed by atoms with van der Waals surface area (Å²) in [4.78, 5) is 37.3. The van der Waals surface area contributed by atoms with Gasteiger partial charge in [-0.05, 0) is 49.7 Å². The fourth-order valence-corrected chi connectivity index (χ4v) is 9.33. The second kappa shape index (κ2) is 7.95. The molecule has 0 aliphatic heterocycles. The van der Waals surface area contributed by atoms with Crippen LogP contribution in [0.4, 0.5) is 0 Å². The number of hydrogen-bond donors (Lipinski definition) is 0. The summed E-state index contributed by atoms with van der Waals surface area (Å²) in [6.07, 6.45) is 8.24. The number of ether oxygens (including phenoxy) is 1. The van der Waals surface area contributed by atoms with Crippen molar-refractivity contribution >= 4 is 56.7 Å². The van der Waals surface area contributed by atoms with Crippen molar-refractivity contribution < 1.29 is 19.1 Å². The molecular formula is C25H31BrCl2O4.